The first-order valence-corrected chi connectivity index (χ1v) is 19.3. The molecule has 0 bridgehead atoms. The molecule has 0 unspecified atom stereocenters. The topological polar surface area (TPSA) is 23.3 Å². The van der Waals surface area contributed by atoms with Gasteiger partial charge in [-0.1, -0.05) is 191 Å². The molecule has 0 N–H and O–H groups in total. The van der Waals surface area contributed by atoms with E-state index in [2.05, 4.69) is 196 Å². The summed E-state index contributed by atoms with van der Waals surface area (Å²) < 4.78 is 4.94. The van der Waals surface area contributed by atoms with Gasteiger partial charge in [-0.25, -0.2) is 0 Å². The third-order valence-electron chi connectivity index (χ3n) is 11.7. The molecule has 0 amide bonds. The van der Waals surface area contributed by atoms with Crippen molar-refractivity contribution in [3.8, 4) is 0 Å². The van der Waals surface area contributed by atoms with E-state index in [4.69, 9.17) is 4.74 Å². The van der Waals surface area contributed by atoms with Gasteiger partial charge < -0.3 is 10.1 Å². The maximum atomic E-state index is 4.94. The van der Waals surface area contributed by atoms with Crippen molar-refractivity contribution in [1.82, 2.24) is 0 Å². The molecule has 7 rings (SSSR count). The Morgan fingerprint density at radius 1 is 0.352 bits per heavy atom. The second kappa shape index (κ2) is 24.5. The number of ether oxygens (including phenoxy) is 1. The van der Waals surface area contributed by atoms with Crippen molar-refractivity contribution in [2.45, 2.75) is 82.1 Å². The van der Waals surface area contributed by atoms with Crippen LogP contribution in [0.5, 0.6) is 0 Å². The van der Waals surface area contributed by atoms with Gasteiger partial charge >= 0.3 is 0 Å². The minimum Gasteiger partial charge on any atom is -0.668 e. The van der Waals surface area contributed by atoms with Crippen LogP contribution in [0.3, 0.4) is 0 Å². The maximum absolute atomic E-state index is 4.94. The number of hydrogen-bond acceptors (Lipinski definition) is 1. The molecule has 10 radical (unpaired) electrons. The van der Waals surface area contributed by atoms with Gasteiger partial charge in [0.05, 0.1) is 0 Å². The average molecular weight is 944 g/mol. The number of benzene rings is 4. The Labute approximate surface area is 356 Å². The van der Waals surface area contributed by atoms with E-state index in [1.165, 1.54) is 93.9 Å². The molecule has 3 fully saturated rings. The van der Waals surface area contributed by atoms with E-state index in [0.29, 0.717) is 0 Å². The molecule has 284 valence electrons. The smallest absolute Gasteiger partial charge is 0.108 e. The van der Waals surface area contributed by atoms with E-state index in [1.807, 2.05) is 0 Å². The fraction of sp³-hybridized carbons (Fsp3) is 0.320. The number of nitrogens with zero attached hydrogens (tertiary/aromatic N) is 1. The van der Waals surface area contributed by atoms with Crippen molar-refractivity contribution in [3.63, 3.8) is 0 Å². The molecule has 1 heterocycles. The first-order chi connectivity index (χ1) is 25.4. The average Bonchev–Trinajstić information content (AvgIpc) is 3.89. The van der Waals surface area contributed by atoms with E-state index in [-0.39, 0.29) is 31.1 Å². The Bertz CT molecular complexity index is 1220. The molecule has 4 aromatic rings. The largest absolute Gasteiger partial charge is 0.668 e. The second-order valence-corrected chi connectivity index (χ2v) is 14.5. The van der Waals surface area contributed by atoms with Gasteiger partial charge in [0.15, 0.2) is 0 Å². The van der Waals surface area contributed by atoms with Crippen LogP contribution >= 0.6 is 0 Å². The van der Waals surface area contributed by atoms with Crippen LogP contribution in [-0.2, 0) is 4.74 Å². The third-order valence-corrected chi connectivity index (χ3v) is 11.7. The second-order valence-electron chi connectivity index (χ2n) is 14.5. The molecular weight excluding hydrogens is 879 g/mol. The zero-order valence-electron chi connectivity index (χ0n) is 35.3. The fourth-order valence-electron chi connectivity index (χ4n) is 7.44. The van der Waals surface area contributed by atoms with Gasteiger partial charge in [-0.15, -0.1) is 0 Å². The van der Waals surface area contributed by atoms with Gasteiger partial charge in [-0.3, -0.25) is 0 Å². The van der Waals surface area contributed by atoms with Crippen LogP contribution in [0.4, 0.5) is 0 Å². The van der Waals surface area contributed by atoms with Crippen LogP contribution in [-0.4, -0.2) is 33.5 Å². The molecular formula is C50H64BNOU-2. The predicted molar refractivity (Wildman–Crippen MR) is 234 cm³/mol. The summed E-state index contributed by atoms with van der Waals surface area (Å²) in [6.45, 7) is 24.0. The van der Waals surface area contributed by atoms with Crippen LogP contribution in [0, 0.1) is 90.3 Å². The normalized spacial score (nSPS) is 18.3. The van der Waals surface area contributed by atoms with E-state index >= 15 is 0 Å². The minimum atomic E-state index is -1.22. The van der Waals surface area contributed by atoms with Gasteiger partial charge in [0.1, 0.15) is 6.15 Å². The predicted octanol–water partition coefficient (Wildman–Crippen LogP) is 10.4. The van der Waals surface area contributed by atoms with Crippen LogP contribution in [0.25, 0.3) is 5.32 Å². The van der Waals surface area contributed by atoms with Crippen molar-refractivity contribution < 1.29 is 35.9 Å². The first-order valence-electron chi connectivity index (χ1n) is 19.3. The molecule has 2 aliphatic carbocycles. The Hall–Kier alpha value is -2.08. The quantitative estimate of drug-likeness (QED) is 0.187. The summed E-state index contributed by atoms with van der Waals surface area (Å²) >= 11 is 0. The summed E-state index contributed by atoms with van der Waals surface area (Å²) in [6, 6.07) is 43.5. The van der Waals surface area contributed by atoms with Crippen LogP contribution < -0.4 is 21.9 Å². The van der Waals surface area contributed by atoms with Crippen molar-refractivity contribution >= 4 is 28.0 Å². The molecule has 2 saturated carbocycles. The Morgan fingerprint density at radius 3 is 0.648 bits per heavy atom. The fourth-order valence-corrected chi connectivity index (χ4v) is 7.44. The molecule has 54 heavy (non-hydrogen) atoms. The number of hydrogen-bond donors (Lipinski definition) is 0. The monoisotopic (exact) mass is 944 g/mol. The van der Waals surface area contributed by atoms with Gasteiger partial charge in [0.2, 0.25) is 0 Å². The molecule has 0 spiro atoms. The summed E-state index contributed by atoms with van der Waals surface area (Å²) in [4.78, 5) is 0. The van der Waals surface area contributed by atoms with Gasteiger partial charge in [-0.05, 0) is 72.0 Å². The molecule has 0 atom stereocenters. The minimum absolute atomic E-state index is 0. The summed E-state index contributed by atoms with van der Waals surface area (Å²) in [5.41, 5.74) is 5.36. The Balaban J connectivity index is 0.000000286. The summed E-state index contributed by atoms with van der Waals surface area (Å²) in [5, 5.41) is 3.50. The van der Waals surface area contributed by atoms with Crippen molar-refractivity contribution in [2.24, 2.45) is 0 Å². The van der Waals surface area contributed by atoms with E-state index in [9.17, 15) is 0 Å². The van der Waals surface area contributed by atoms with Crippen LogP contribution in [0.15, 0.2) is 121 Å². The van der Waals surface area contributed by atoms with Crippen LogP contribution in [0.2, 0.25) is 0 Å². The zero-order valence-corrected chi connectivity index (χ0v) is 39.5. The number of rotatable bonds is 4. The van der Waals surface area contributed by atoms with E-state index in [1.54, 1.807) is 14.1 Å². The van der Waals surface area contributed by atoms with Crippen molar-refractivity contribution in [3.05, 3.63) is 186 Å². The summed E-state index contributed by atoms with van der Waals surface area (Å²) in [5.74, 6) is 14.7. The molecule has 1 aliphatic heterocycles. The summed E-state index contributed by atoms with van der Waals surface area (Å²) in [7, 11) is 3.50. The van der Waals surface area contributed by atoms with E-state index in [0.717, 1.165) is 13.2 Å². The van der Waals surface area contributed by atoms with Gasteiger partial charge in [-0.2, -0.15) is 35.9 Å². The van der Waals surface area contributed by atoms with Gasteiger partial charge in [0.25, 0.3) is 0 Å². The molecule has 4 heteroatoms. The Morgan fingerprint density at radius 2 is 0.519 bits per heavy atom. The standard InChI is InChI=1S/C24H20B.2C10H15.C4H8O.C2H6N.U/c1-5-13-21(14-6-1)25(22-15-7-2-8-16-22,23-17-9-3-10-18-23)24-19-11-4-12-20-24;2*1-6-7(2)9(4)10(5)8(6)3;1-2-4-5-3-1;1-3-2;/h1-20H;2*1-5H3;1-4H2;1-2H3;/q-1;;;;-1;. The molecule has 1 saturated heterocycles. The summed E-state index contributed by atoms with van der Waals surface area (Å²) in [6.07, 6.45) is 1.34. The zero-order chi connectivity index (χ0) is 39.0. The van der Waals surface area contributed by atoms with Crippen molar-refractivity contribution in [1.29, 1.82) is 0 Å². The molecule has 0 aromatic heterocycles. The molecule has 3 aliphatic rings. The third kappa shape index (κ3) is 12.2. The maximum Gasteiger partial charge on any atom is 0.108 e. The SMILES string of the molecule is C1CCOC1.C[C]1[C](C)[C](C)[C](C)[C]1C.C[C]1[C](C)[C](C)[C](C)[C]1C.C[N-]C.[U].c1ccc([B-](c2ccccc2)(c2ccccc2)c2ccccc2)cc1. The first kappa shape index (κ1) is 48.1. The molecule has 4 aromatic carbocycles. The van der Waals surface area contributed by atoms with Gasteiger partial charge in [0, 0.05) is 44.3 Å². The van der Waals surface area contributed by atoms with E-state index < -0.39 is 6.15 Å². The van der Waals surface area contributed by atoms with Crippen molar-refractivity contribution in [2.75, 3.05) is 27.3 Å². The molecule has 2 nitrogen and oxygen atoms in total. The van der Waals surface area contributed by atoms with Crippen LogP contribution in [0.1, 0.15) is 82.1 Å². The Kier molecular flexibility index (Phi) is 21.8.